The molecule has 0 aliphatic carbocycles. The third-order valence-electron chi connectivity index (χ3n) is 2.84. The molecule has 3 rings (SSSR count). The number of fused-ring (bicyclic) bond motifs is 1. The van der Waals surface area contributed by atoms with Crippen molar-refractivity contribution < 1.29 is 4.74 Å². The van der Waals surface area contributed by atoms with Crippen molar-refractivity contribution in [2.45, 2.75) is 0 Å². The molecule has 3 aromatic rings. The first-order valence-corrected chi connectivity index (χ1v) is 5.52. The van der Waals surface area contributed by atoms with Gasteiger partial charge in [-0.15, -0.1) is 5.10 Å². The van der Waals surface area contributed by atoms with Crippen molar-refractivity contribution >= 4 is 16.7 Å². The molecular formula is C13H12N4O. The molecule has 0 amide bonds. The number of nitrogens with one attached hydrogen (secondary N) is 1. The Kier molecular flexibility index (Phi) is 2.37. The van der Waals surface area contributed by atoms with Crippen LogP contribution >= 0.6 is 0 Å². The molecule has 3 N–H and O–H groups in total. The number of aromatic nitrogens is 3. The van der Waals surface area contributed by atoms with Crippen LogP contribution in [0.3, 0.4) is 0 Å². The summed E-state index contributed by atoms with van der Waals surface area (Å²) in [6, 6.07) is 9.51. The van der Waals surface area contributed by atoms with Gasteiger partial charge < -0.3 is 15.5 Å². The molecule has 0 atom stereocenters. The standard InChI is InChI=1S/C13H12N4O/c1-18-13-3-2-8(6-9(13)14)11-7-12-10(16-11)4-5-15-17-12/h2-7,16H,14H2,1H3. The van der Waals surface area contributed by atoms with Crippen LogP contribution < -0.4 is 10.5 Å². The van der Waals surface area contributed by atoms with Crippen LogP contribution in [0.2, 0.25) is 0 Å². The maximum atomic E-state index is 5.90. The molecule has 5 heteroatoms. The maximum absolute atomic E-state index is 5.90. The smallest absolute Gasteiger partial charge is 0.141 e. The predicted molar refractivity (Wildman–Crippen MR) is 70.3 cm³/mol. The van der Waals surface area contributed by atoms with Crippen molar-refractivity contribution in [3.8, 4) is 17.0 Å². The van der Waals surface area contributed by atoms with Crippen LogP contribution in [0.15, 0.2) is 36.5 Å². The minimum atomic E-state index is 0.611. The Balaban J connectivity index is 2.11. The van der Waals surface area contributed by atoms with Crippen molar-refractivity contribution in [1.29, 1.82) is 0 Å². The molecule has 0 saturated carbocycles. The van der Waals surface area contributed by atoms with Gasteiger partial charge in [0, 0.05) is 11.3 Å². The number of nitrogen functional groups attached to an aromatic ring is 1. The summed E-state index contributed by atoms with van der Waals surface area (Å²) in [7, 11) is 1.60. The van der Waals surface area contributed by atoms with E-state index in [0.717, 1.165) is 22.3 Å². The molecule has 0 fully saturated rings. The second-order valence-corrected chi connectivity index (χ2v) is 3.97. The lowest BCUT2D eigenvalue weighted by Crippen LogP contribution is -1.92. The highest BCUT2D eigenvalue weighted by atomic mass is 16.5. The average Bonchev–Trinajstić information content (AvgIpc) is 2.82. The highest BCUT2D eigenvalue weighted by Crippen LogP contribution is 2.29. The summed E-state index contributed by atoms with van der Waals surface area (Å²) in [5, 5.41) is 7.90. The van der Waals surface area contributed by atoms with Crippen LogP contribution in [0.4, 0.5) is 5.69 Å². The minimum absolute atomic E-state index is 0.611. The summed E-state index contributed by atoms with van der Waals surface area (Å²) >= 11 is 0. The third-order valence-corrected chi connectivity index (χ3v) is 2.84. The quantitative estimate of drug-likeness (QED) is 0.673. The van der Waals surface area contributed by atoms with Gasteiger partial charge in [0.05, 0.1) is 24.5 Å². The number of nitrogens with zero attached hydrogens (tertiary/aromatic N) is 2. The molecule has 0 radical (unpaired) electrons. The molecular weight excluding hydrogens is 228 g/mol. The summed E-state index contributed by atoms with van der Waals surface area (Å²) in [6.07, 6.45) is 1.66. The Morgan fingerprint density at radius 2 is 2.11 bits per heavy atom. The van der Waals surface area contributed by atoms with Crippen molar-refractivity contribution in [3.63, 3.8) is 0 Å². The second-order valence-electron chi connectivity index (χ2n) is 3.97. The van der Waals surface area contributed by atoms with E-state index >= 15 is 0 Å². The van der Waals surface area contributed by atoms with Gasteiger partial charge in [0.2, 0.25) is 0 Å². The van der Waals surface area contributed by atoms with Crippen LogP contribution in [0.5, 0.6) is 5.75 Å². The molecule has 0 aliphatic rings. The molecule has 0 bridgehead atoms. The maximum Gasteiger partial charge on any atom is 0.141 e. The van der Waals surface area contributed by atoms with Gasteiger partial charge in [-0.3, -0.25) is 0 Å². The first kappa shape index (κ1) is 10.6. The summed E-state index contributed by atoms with van der Waals surface area (Å²) in [5.74, 6) is 0.676. The average molecular weight is 240 g/mol. The highest BCUT2D eigenvalue weighted by molar-refractivity contribution is 5.83. The third kappa shape index (κ3) is 1.66. The van der Waals surface area contributed by atoms with Gasteiger partial charge >= 0.3 is 0 Å². The SMILES string of the molecule is COc1ccc(-c2cc3nnccc3[nH]2)cc1N. The molecule has 5 nitrogen and oxygen atoms in total. The molecule has 2 heterocycles. The number of rotatable bonds is 2. The lowest BCUT2D eigenvalue weighted by molar-refractivity contribution is 0.417. The molecule has 0 saturated heterocycles. The fraction of sp³-hybridized carbons (Fsp3) is 0.0769. The fourth-order valence-electron chi connectivity index (χ4n) is 1.93. The fourth-order valence-corrected chi connectivity index (χ4v) is 1.93. The number of ether oxygens (including phenoxy) is 1. The minimum Gasteiger partial charge on any atom is -0.495 e. The van der Waals surface area contributed by atoms with Crippen LogP contribution in [-0.2, 0) is 0 Å². The highest BCUT2D eigenvalue weighted by Gasteiger charge is 2.06. The van der Waals surface area contributed by atoms with Gasteiger partial charge in [-0.1, -0.05) is 0 Å². The van der Waals surface area contributed by atoms with Gasteiger partial charge in [-0.25, -0.2) is 0 Å². The Hall–Kier alpha value is -2.56. The zero-order valence-corrected chi connectivity index (χ0v) is 9.84. The largest absolute Gasteiger partial charge is 0.495 e. The monoisotopic (exact) mass is 240 g/mol. The van der Waals surface area contributed by atoms with Crippen molar-refractivity contribution in [2.24, 2.45) is 0 Å². The van der Waals surface area contributed by atoms with Gasteiger partial charge in [0.1, 0.15) is 11.3 Å². The summed E-state index contributed by atoms with van der Waals surface area (Å²) < 4.78 is 5.14. The molecule has 18 heavy (non-hydrogen) atoms. The van der Waals surface area contributed by atoms with E-state index in [-0.39, 0.29) is 0 Å². The van der Waals surface area contributed by atoms with Crippen LogP contribution in [-0.4, -0.2) is 22.3 Å². The Bertz CT molecular complexity index is 672. The van der Waals surface area contributed by atoms with Gasteiger partial charge in [-0.2, -0.15) is 5.10 Å². The summed E-state index contributed by atoms with van der Waals surface area (Å²) in [6.45, 7) is 0. The zero-order chi connectivity index (χ0) is 12.5. The summed E-state index contributed by atoms with van der Waals surface area (Å²) in [5.41, 5.74) is 10.2. The van der Waals surface area contributed by atoms with E-state index in [0.29, 0.717) is 11.4 Å². The first-order chi connectivity index (χ1) is 8.78. The molecule has 1 aromatic carbocycles. The second kappa shape index (κ2) is 4.03. The summed E-state index contributed by atoms with van der Waals surface area (Å²) in [4.78, 5) is 3.28. The number of methoxy groups -OCH3 is 1. The van der Waals surface area contributed by atoms with Gasteiger partial charge in [-0.05, 0) is 30.3 Å². The zero-order valence-electron chi connectivity index (χ0n) is 9.84. The Morgan fingerprint density at radius 1 is 1.22 bits per heavy atom. The van der Waals surface area contributed by atoms with E-state index in [4.69, 9.17) is 10.5 Å². The van der Waals surface area contributed by atoms with Crippen molar-refractivity contribution in [3.05, 3.63) is 36.5 Å². The van der Waals surface area contributed by atoms with E-state index < -0.39 is 0 Å². The number of anilines is 1. The van der Waals surface area contributed by atoms with E-state index in [1.165, 1.54) is 0 Å². The van der Waals surface area contributed by atoms with E-state index in [9.17, 15) is 0 Å². The normalized spacial score (nSPS) is 10.7. The Labute approximate surface area is 104 Å². The number of nitrogens with two attached hydrogens (primary N) is 1. The van der Waals surface area contributed by atoms with Gasteiger partial charge in [0.15, 0.2) is 0 Å². The predicted octanol–water partition coefficient (Wildman–Crippen LogP) is 2.22. The molecule has 2 aromatic heterocycles. The number of H-pyrrole nitrogens is 1. The first-order valence-electron chi connectivity index (χ1n) is 5.52. The topological polar surface area (TPSA) is 76.8 Å². The van der Waals surface area contributed by atoms with Gasteiger partial charge in [0.25, 0.3) is 0 Å². The van der Waals surface area contributed by atoms with Crippen LogP contribution in [0.25, 0.3) is 22.3 Å². The van der Waals surface area contributed by atoms with E-state index in [2.05, 4.69) is 15.2 Å². The number of aromatic amines is 1. The van der Waals surface area contributed by atoms with E-state index in [1.54, 1.807) is 13.3 Å². The number of hydrogen-bond donors (Lipinski definition) is 2. The molecule has 0 unspecified atom stereocenters. The molecule has 90 valence electrons. The van der Waals surface area contributed by atoms with Crippen LogP contribution in [0, 0.1) is 0 Å². The van der Waals surface area contributed by atoms with E-state index in [1.807, 2.05) is 30.3 Å². The lowest BCUT2D eigenvalue weighted by Gasteiger charge is -2.05. The van der Waals surface area contributed by atoms with Crippen molar-refractivity contribution in [2.75, 3.05) is 12.8 Å². The lowest BCUT2D eigenvalue weighted by atomic mass is 10.1. The Morgan fingerprint density at radius 3 is 2.83 bits per heavy atom. The molecule has 0 spiro atoms. The van der Waals surface area contributed by atoms with Crippen LogP contribution in [0.1, 0.15) is 0 Å². The number of benzene rings is 1. The van der Waals surface area contributed by atoms with Crippen molar-refractivity contribution in [1.82, 2.24) is 15.2 Å². The number of hydrogen-bond acceptors (Lipinski definition) is 4. The molecule has 0 aliphatic heterocycles.